The summed E-state index contributed by atoms with van der Waals surface area (Å²) in [5.41, 5.74) is 8.04. The SMILES string of the molecule is N#CC[C@@H](C1CC1)n1cc(C(N)=O)c(Nc2ccc3c(c2)CNC3=O)n1. The fourth-order valence-electron chi connectivity index (χ4n) is 3.33. The Hall–Kier alpha value is -3.34. The van der Waals surface area contributed by atoms with Gasteiger partial charge >= 0.3 is 0 Å². The number of anilines is 2. The summed E-state index contributed by atoms with van der Waals surface area (Å²) in [5.74, 6) is 0.110. The fraction of sp³-hybridized carbons (Fsp3) is 0.333. The Balaban J connectivity index is 1.64. The molecule has 1 atom stereocenters. The van der Waals surface area contributed by atoms with E-state index in [4.69, 9.17) is 11.0 Å². The second-order valence-electron chi connectivity index (χ2n) is 6.68. The van der Waals surface area contributed by atoms with Crippen molar-refractivity contribution in [3.8, 4) is 6.07 Å². The Labute approximate surface area is 150 Å². The third kappa shape index (κ3) is 2.88. The van der Waals surface area contributed by atoms with Crippen LogP contribution in [0.3, 0.4) is 0 Å². The fourth-order valence-corrected chi connectivity index (χ4v) is 3.33. The number of benzene rings is 1. The molecule has 8 heteroatoms. The molecule has 2 aliphatic rings. The first-order chi connectivity index (χ1) is 12.6. The molecule has 1 fully saturated rings. The molecule has 8 nitrogen and oxygen atoms in total. The number of aromatic nitrogens is 2. The summed E-state index contributed by atoms with van der Waals surface area (Å²) in [6.45, 7) is 0.479. The number of amides is 2. The number of carbonyl (C=O) groups is 2. The Morgan fingerprint density at radius 2 is 2.31 bits per heavy atom. The predicted molar refractivity (Wildman–Crippen MR) is 93.6 cm³/mol. The van der Waals surface area contributed by atoms with Crippen LogP contribution in [0.5, 0.6) is 0 Å². The average Bonchev–Trinajstić information content (AvgIpc) is 3.27. The van der Waals surface area contributed by atoms with Crippen molar-refractivity contribution in [1.82, 2.24) is 15.1 Å². The highest BCUT2D eigenvalue weighted by atomic mass is 16.2. The monoisotopic (exact) mass is 350 g/mol. The first-order valence-corrected chi connectivity index (χ1v) is 8.51. The number of rotatable bonds is 6. The van der Waals surface area contributed by atoms with Gasteiger partial charge in [-0.05, 0) is 42.5 Å². The summed E-state index contributed by atoms with van der Waals surface area (Å²) >= 11 is 0. The number of hydrogen-bond acceptors (Lipinski definition) is 5. The van der Waals surface area contributed by atoms with E-state index in [2.05, 4.69) is 21.8 Å². The van der Waals surface area contributed by atoms with E-state index in [1.165, 1.54) is 0 Å². The van der Waals surface area contributed by atoms with E-state index in [0.717, 1.165) is 24.1 Å². The molecule has 2 heterocycles. The number of hydrogen-bond donors (Lipinski definition) is 3. The van der Waals surface area contributed by atoms with Crippen LogP contribution in [-0.4, -0.2) is 21.6 Å². The summed E-state index contributed by atoms with van der Waals surface area (Å²) in [6, 6.07) is 7.50. The van der Waals surface area contributed by atoms with Crippen LogP contribution in [0, 0.1) is 17.2 Å². The molecule has 2 amide bonds. The smallest absolute Gasteiger partial charge is 0.254 e. The highest BCUT2D eigenvalue weighted by Crippen LogP contribution is 2.41. The lowest BCUT2D eigenvalue weighted by atomic mass is 10.1. The maximum absolute atomic E-state index is 11.8. The van der Waals surface area contributed by atoms with Gasteiger partial charge in [0.1, 0.15) is 5.56 Å². The lowest BCUT2D eigenvalue weighted by molar-refractivity contribution is 0.0964. The Kier molecular flexibility index (Phi) is 3.84. The summed E-state index contributed by atoms with van der Waals surface area (Å²) in [5, 5.41) is 19.4. The molecule has 1 aromatic carbocycles. The summed E-state index contributed by atoms with van der Waals surface area (Å²) in [6.07, 6.45) is 4.08. The number of nitriles is 1. The van der Waals surface area contributed by atoms with Gasteiger partial charge in [0.25, 0.3) is 11.8 Å². The van der Waals surface area contributed by atoms with E-state index < -0.39 is 5.91 Å². The lowest BCUT2D eigenvalue weighted by Gasteiger charge is -2.12. The normalized spacial score (nSPS) is 16.5. The van der Waals surface area contributed by atoms with Crippen LogP contribution in [0.2, 0.25) is 0 Å². The van der Waals surface area contributed by atoms with E-state index in [1.54, 1.807) is 23.0 Å². The number of nitrogens with two attached hydrogens (primary N) is 1. The zero-order valence-corrected chi connectivity index (χ0v) is 14.0. The predicted octanol–water partition coefficient (Wildman–Crippen LogP) is 1.83. The molecule has 0 spiro atoms. The van der Waals surface area contributed by atoms with Crippen LogP contribution in [0.15, 0.2) is 24.4 Å². The molecule has 1 aromatic heterocycles. The van der Waals surface area contributed by atoms with Gasteiger partial charge in [-0.15, -0.1) is 0 Å². The molecule has 0 radical (unpaired) electrons. The topological polar surface area (TPSA) is 126 Å². The molecule has 1 aliphatic heterocycles. The van der Waals surface area contributed by atoms with Gasteiger partial charge in [0.05, 0.1) is 18.5 Å². The van der Waals surface area contributed by atoms with Crippen molar-refractivity contribution in [2.75, 3.05) is 5.32 Å². The molecular formula is C18H18N6O2. The van der Waals surface area contributed by atoms with Crippen molar-refractivity contribution >= 4 is 23.3 Å². The van der Waals surface area contributed by atoms with E-state index in [9.17, 15) is 9.59 Å². The second-order valence-corrected chi connectivity index (χ2v) is 6.68. The van der Waals surface area contributed by atoms with Crippen LogP contribution in [0.1, 0.15) is 51.6 Å². The van der Waals surface area contributed by atoms with Gasteiger partial charge in [-0.2, -0.15) is 10.4 Å². The number of primary amides is 1. The van der Waals surface area contributed by atoms with Gasteiger partial charge in [-0.25, -0.2) is 0 Å². The largest absolute Gasteiger partial charge is 0.365 e. The number of carbonyl (C=O) groups excluding carboxylic acids is 2. The minimum Gasteiger partial charge on any atom is -0.365 e. The van der Waals surface area contributed by atoms with Gasteiger partial charge in [-0.1, -0.05) is 0 Å². The standard InChI is InChI=1S/C18H18N6O2/c19-6-5-15(10-1-2-10)24-9-14(16(20)25)17(23-24)22-12-3-4-13-11(7-12)8-21-18(13)26/h3-4,7,9-10,15H,1-2,5,8H2,(H2,20,25)(H,21,26)(H,22,23)/t15-/m0/s1. The van der Waals surface area contributed by atoms with Crippen molar-refractivity contribution in [3.05, 3.63) is 41.1 Å². The average molecular weight is 350 g/mol. The van der Waals surface area contributed by atoms with Crippen LogP contribution in [0.25, 0.3) is 0 Å². The molecule has 2 aromatic rings. The van der Waals surface area contributed by atoms with Gasteiger partial charge < -0.3 is 16.4 Å². The van der Waals surface area contributed by atoms with Crippen LogP contribution >= 0.6 is 0 Å². The minimum absolute atomic E-state index is 0.0458. The number of fused-ring (bicyclic) bond motifs is 1. The molecule has 1 saturated carbocycles. The maximum atomic E-state index is 11.8. The highest BCUT2D eigenvalue weighted by molar-refractivity contribution is 5.99. The van der Waals surface area contributed by atoms with Crippen molar-refractivity contribution in [2.45, 2.75) is 31.8 Å². The molecule has 1 aliphatic carbocycles. The lowest BCUT2D eigenvalue weighted by Crippen LogP contribution is -2.12. The van der Waals surface area contributed by atoms with Crippen molar-refractivity contribution < 1.29 is 9.59 Å². The minimum atomic E-state index is -0.580. The molecular weight excluding hydrogens is 332 g/mol. The summed E-state index contributed by atoms with van der Waals surface area (Å²) < 4.78 is 1.68. The summed E-state index contributed by atoms with van der Waals surface area (Å²) in [7, 11) is 0. The second kappa shape index (κ2) is 6.19. The first kappa shape index (κ1) is 16.1. The molecule has 26 heavy (non-hydrogen) atoms. The number of nitrogens with one attached hydrogen (secondary N) is 2. The van der Waals surface area contributed by atoms with Crippen LogP contribution < -0.4 is 16.4 Å². The number of nitrogens with zero attached hydrogens (tertiary/aromatic N) is 3. The van der Waals surface area contributed by atoms with E-state index in [-0.39, 0.29) is 17.5 Å². The maximum Gasteiger partial charge on any atom is 0.254 e. The summed E-state index contributed by atoms with van der Waals surface area (Å²) in [4.78, 5) is 23.5. The Bertz CT molecular complexity index is 938. The third-order valence-electron chi connectivity index (χ3n) is 4.86. The van der Waals surface area contributed by atoms with Crippen LogP contribution in [-0.2, 0) is 6.54 Å². The van der Waals surface area contributed by atoms with E-state index in [1.807, 2.05) is 6.07 Å². The van der Waals surface area contributed by atoms with Gasteiger partial charge in [0.15, 0.2) is 5.82 Å². The Morgan fingerprint density at radius 1 is 1.50 bits per heavy atom. The van der Waals surface area contributed by atoms with Gasteiger partial charge in [-0.3, -0.25) is 14.3 Å². The molecule has 4 rings (SSSR count). The van der Waals surface area contributed by atoms with Crippen molar-refractivity contribution in [1.29, 1.82) is 5.26 Å². The first-order valence-electron chi connectivity index (χ1n) is 8.51. The quantitative estimate of drug-likeness (QED) is 0.733. The van der Waals surface area contributed by atoms with E-state index >= 15 is 0 Å². The zero-order valence-electron chi connectivity index (χ0n) is 14.0. The molecule has 0 saturated heterocycles. The van der Waals surface area contributed by atoms with Gasteiger partial charge in [0.2, 0.25) is 0 Å². The molecule has 132 valence electrons. The van der Waals surface area contributed by atoms with Gasteiger partial charge in [0, 0.05) is 24.0 Å². The molecule has 0 unspecified atom stereocenters. The van der Waals surface area contributed by atoms with Crippen molar-refractivity contribution in [2.24, 2.45) is 11.7 Å². The Morgan fingerprint density at radius 3 is 3.00 bits per heavy atom. The molecule has 0 bridgehead atoms. The molecule has 4 N–H and O–H groups in total. The van der Waals surface area contributed by atoms with E-state index in [0.29, 0.717) is 30.3 Å². The third-order valence-corrected chi connectivity index (χ3v) is 4.86. The highest BCUT2D eigenvalue weighted by Gasteiger charge is 2.34. The van der Waals surface area contributed by atoms with Crippen LogP contribution in [0.4, 0.5) is 11.5 Å². The zero-order chi connectivity index (χ0) is 18.3. The van der Waals surface area contributed by atoms with Crippen molar-refractivity contribution in [3.63, 3.8) is 0 Å².